The van der Waals surface area contributed by atoms with Crippen molar-refractivity contribution in [1.82, 2.24) is 0 Å². The SMILES string of the molecule is CC(C)C1=C2CC[C@]3(C)[C@H](CC[C@@H]4[C@H]5[C@H]6OC(=O)[C@@]5(CCC6(C)C)CC[C@]43C)[C@@]2(C)CC1. The van der Waals surface area contributed by atoms with Gasteiger partial charge in [-0.15, -0.1) is 0 Å². The van der Waals surface area contributed by atoms with E-state index in [1.54, 1.807) is 5.57 Å². The maximum absolute atomic E-state index is 13.3. The molecule has 6 rings (SSSR count). The Morgan fingerprint density at radius 1 is 0.844 bits per heavy atom. The minimum absolute atomic E-state index is 0.127. The zero-order valence-corrected chi connectivity index (χ0v) is 21.8. The highest BCUT2D eigenvalue weighted by Gasteiger charge is 2.74. The molecule has 0 radical (unpaired) electrons. The van der Waals surface area contributed by atoms with Crippen LogP contribution in [0.25, 0.3) is 0 Å². The lowest BCUT2D eigenvalue weighted by Crippen LogP contribution is -2.65. The van der Waals surface area contributed by atoms with Gasteiger partial charge in [0.05, 0.1) is 5.41 Å². The molecule has 4 saturated carbocycles. The van der Waals surface area contributed by atoms with Crippen LogP contribution in [0.4, 0.5) is 0 Å². The molecule has 0 aromatic carbocycles. The molecule has 1 aliphatic heterocycles. The maximum Gasteiger partial charge on any atom is 0.312 e. The summed E-state index contributed by atoms with van der Waals surface area (Å²) in [5, 5.41) is 0. The number of esters is 1. The average Bonchev–Trinajstić information content (AvgIpc) is 3.19. The van der Waals surface area contributed by atoms with E-state index in [-0.39, 0.29) is 22.9 Å². The molecule has 0 N–H and O–H groups in total. The summed E-state index contributed by atoms with van der Waals surface area (Å²) in [4.78, 5) is 13.3. The molecule has 0 spiro atoms. The second-order valence-corrected chi connectivity index (χ2v) is 14.6. The van der Waals surface area contributed by atoms with E-state index in [1.807, 2.05) is 5.57 Å². The summed E-state index contributed by atoms with van der Waals surface area (Å²) >= 11 is 0. The van der Waals surface area contributed by atoms with E-state index in [9.17, 15) is 4.79 Å². The summed E-state index contributed by atoms with van der Waals surface area (Å²) in [5.41, 5.74) is 4.76. The molecule has 0 aromatic rings. The van der Waals surface area contributed by atoms with Crippen molar-refractivity contribution in [1.29, 1.82) is 0 Å². The third kappa shape index (κ3) is 2.27. The molecule has 2 nitrogen and oxygen atoms in total. The highest BCUT2D eigenvalue weighted by Crippen LogP contribution is 2.77. The Morgan fingerprint density at radius 3 is 2.28 bits per heavy atom. The van der Waals surface area contributed by atoms with Crippen LogP contribution in [0.2, 0.25) is 0 Å². The molecule has 0 aromatic heterocycles. The van der Waals surface area contributed by atoms with Gasteiger partial charge in [0.25, 0.3) is 0 Å². The van der Waals surface area contributed by atoms with Crippen molar-refractivity contribution < 1.29 is 9.53 Å². The summed E-state index contributed by atoms with van der Waals surface area (Å²) in [6, 6.07) is 0. The smallest absolute Gasteiger partial charge is 0.312 e. The predicted molar refractivity (Wildman–Crippen MR) is 129 cm³/mol. The van der Waals surface area contributed by atoms with E-state index >= 15 is 0 Å². The topological polar surface area (TPSA) is 26.3 Å². The van der Waals surface area contributed by atoms with Crippen LogP contribution in [-0.4, -0.2) is 12.1 Å². The molecule has 6 aliphatic rings. The summed E-state index contributed by atoms with van der Waals surface area (Å²) in [6.45, 7) is 17.6. The molecule has 1 heterocycles. The lowest BCUT2D eigenvalue weighted by atomic mass is 9.34. The predicted octanol–water partition coefficient (Wildman–Crippen LogP) is 7.71. The molecule has 0 amide bonds. The normalized spacial score (nSPS) is 53.4. The minimum atomic E-state index is -0.157. The number of carbonyl (C=O) groups excluding carboxylic acids is 1. The lowest BCUT2D eigenvalue weighted by Gasteiger charge is -2.70. The van der Waals surface area contributed by atoms with Crippen LogP contribution in [0.3, 0.4) is 0 Å². The molecule has 2 heteroatoms. The molecule has 1 saturated heterocycles. The third-order valence-electron chi connectivity index (χ3n) is 13.1. The standard InChI is InChI=1S/C30H46O2/c1-18(2)19-10-12-27(5)20(19)11-13-29(7)22(27)9-8-21-23-24-26(3,4)14-16-30(23,25(31)32-24)17-15-28(21,29)6/h18,21-24H,8-17H2,1-7H3/t21-,22-,23+,24-,27+,28-,29-,30+/m1/s1. The fourth-order valence-corrected chi connectivity index (χ4v) is 11.1. The Hall–Kier alpha value is -0.790. The number of carbonyl (C=O) groups is 1. The van der Waals surface area contributed by atoms with Crippen molar-refractivity contribution in [3.8, 4) is 0 Å². The van der Waals surface area contributed by atoms with Gasteiger partial charge in [0.15, 0.2) is 0 Å². The van der Waals surface area contributed by atoms with Gasteiger partial charge in [-0.05, 0) is 98.2 Å². The van der Waals surface area contributed by atoms with E-state index in [1.165, 1.54) is 44.9 Å². The number of hydrogen-bond acceptors (Lipinski definition) is 2. The van der Waals surface area contributed by atoms with Crippen LogP contribution in [0, 0.1) is 50.7 Å². The Morgan fingerprint density at radius 2 is 1.56 bits per heavy atom. The zero-order chi connectivity index (χ0) is 22.9. The molecule has 178 valence electrons. The van der Waals surface area contributed by atoms with Gasteiger partial charge < -0.3 is 4.74 Å². The van der Waals surface area contributed by atoms with Gasteiger partial charge in [0, 0.05) is 11.3 Å². The summed E-state index contributed by atoms with van der Waals surface area (Å²) in [7, 11) is 0. The number of ether oxygens (including phenoxy) is 1. The zero-order valence-electron chi connectivity index (χ0n) is 21.8. The third-order valence-corrected chi connectivity index (χ3v) is 13.1. The largest absolute Gasteiger partial charge is 0.461 e. The molecule has 8 atom stereocenters. The second kappa shape index (κ2) is 6.25. The molecule has 0 unspecified atom stereocenters. The minimum Gasteiger partial charge on any atom is -0.461 e. The first kappa shape index (κ1) is 21.7. The number of allylic oxidation sites excluding steroid dienone is 2. The van der Waals surface area contributed by atoms with Crippen molar-refractivity contribution >= 4 is 5.97 Å². The number of fused-ring (bicyclic) bond motifs is 5. The quantitative estimate of drug-likeness (QED) is 0.309. The second-order valence-electron chi connectivity index (χ2n) is 14.6. The van der Waals surface area contributed by atoms with Crippen LogP contribution in [0.15, 0.2) is 11.1 Å². The Labute approximate surface area is 196 Å². The van der Waals surface area contributed by atoms with Crippen molar-refractivity contribution in [2.24, 2.45) is 50.7 Å². The van der Waals surface area contributed by atoms with Crippen molar-refractivity contribution in [2.45, 2.75) is 119 Å². The van der Waals surface area contributed by atoms with Gasteiger partial charge >= 0.3 is 5.97 Å². The molecule has 5 aliphatic carbocycles. The van der Waals surface area contributed by atoms with E-state index in [0.717, 1.165) is 25.2 Å². The summed E-state index contributed by atoms with van der Waals surface area (Å²) in [5.74, 6) is 2.78. The Balaban J connectivity index is 1.42. The van der Waals surface area contributed by atoms with Crippen LogP contribution >= 0.6 is 0 Å². The fraction of sp³-hybridized carbons (Fsp3) is 0.900. The van der Waals surface area contributed by atoms with E-state index in [0.29, 0.717) is 34.0 Å². The van der Waals surface area contributed by atoms with Gasteiger partial charge in [0.1, 0.15) is 6.10 Å². The first-order valence-electron chi connectivity index (χ1n) is 13.8. The average molecular weight is 439 g/mol. The fourth-order valence-electron chi connectivity index (χ4n) is 11.1. The molecule has 2 bridgehead atoms. The Bertz CT molecular complexity index is 897. The highest BCUT2D eigenvalue weighted by molar-refractivity contribution is 5.81. The van der Waals surface area contributed by atoms with Crippen molar-refractivity contribution in [3.63, 3.8) is 0 Å². The first-order chi connectivity index (χ1) is 14.9. The van der Waals surface area contributed by atoms with E-state index in [2.05, 4.69) is 48.5 Å². The van der Waals surface area contributed by atoms with Gasteiger partial charge in [-0.2, -0.15) is 0 Å². The van der Waals surface area contributed by atoms with Crippen LogP contribution in [0.1, 0.15) is 113 Å². The molecular weight excluding hydrogens is 392 g/mol. The van der Waals surface area contributed by atoms with Gasteiger partial charge in [-0.3, -0.25) is 4.79 Å². The number of hydrogen-bond donors (Lipinski definition) is 0. The first-order valence-corrected chi connectivity index (χ1v) is 13.8. The maximum atomic E-state index is 13.3. The Kier molecular flexibility index (Phi) is 4.24. The van der Waals surface area contributed by atoms with E-state index < -0.39 is 0 Å². The van der Waals surface area contributed by atoms with Gasteiger partial charge in [-0.1, -0.05) is 59.6 Å². The van der Waals surface area contributed by atoms with Crippen molar-refractivity contribution in [2.75, 3.05) is 0 Å². The van der Waals surface area contributed by atoms with Crippen LogP contribution < -0.4 is 0 Å². The summed E-state index contributed by atoms with van der Waals surface area (Å²) < 4.78 is 6.28. The monoisotopic (exact) mass is 438 g/mol. The van der Waals surface area contributed by atoms with E-state index in [4.69, 9.17) is 4.74 Å². The van der Waals surface area contributed by atoms with Crippen molar-refractivity contribution in [3.05, 3.63) is 11.1 Å². The lowest BCUT2D eigenvalue weighted by molar-refractivity contribution is -0.206. The van der Waals surface area contributed by atoms with Crippen LogP contribution in [0.5, 0.6) is 0 Å². The number of rotatable bonds is 1. The van der Waals surface area contributed by atoms with Gasteiger partial charge in [-0.25, -0.2) is 0 Å². The molecule has 5 fully saturated rings. The summed E-state index contributed by atoms with van der Waals surface area (Å²) in [6.07, 6.45) is 12.7. The van der Waals surface area contributed by atoms with Gasteiger partial charge in [0.2, 0.25) is 0 Å². The molecule has 32 heavy (non-hydrogen) atoms. The highest BCUT2D eigenvalue weighted by atomic mass is 16.6. The molecular formula is C30H46O2. The van der Waals surface area contributed by atoms with Crippen LogP contribution in [-0.2, 0) is 9.53 Å².